The summed E-state index contributed by atoms with van der Waals surface area (Å²) in [6, 6.07) is 14.1. The molecular formula is C27H39N3O4S. The SMILES string of the molecule is CCc1ccc(N(CC(=O)N(Cc2ccccc2C)[C@@H](CC)C(=O)NCC(C)C)S(C)(=O)=O)cc1. The monoisotopic (exact) mass is 501 g/mol. The first-order valence-electron chi connectivity index (χ1n) is 12.2. The van der Waals surface area contributed by atoms with Crippen LogP contribution in [-0.2, 0) is 32.6 Å². The van der Waals surface area contributed by atoms with Crippen molar-refractivity contribution >= 4 is 27.5 Å². The third kappa shape index (κ3) is 8.09. The predicted octanol–water partition coefficient (Wildman–Crippen LogP) is 3.90. The van der Waals surface area contributed by atoms with Crippen LogP contribution in [-0.4, -0.2) is 50.5 Å². The second-order valence-electron chi connectivity index (χ2n) is 9.30. The van der Waals surface area contributed by atoms with Crippen molar-refractivity contribution in [1.29, 1.82) is 0 Å². The maximum atomic E-state index is 13.7. The van der Waals surface area contributed by atoms with Gasteiger partial charge in [0.1, 0.15) is 12.6 Å². The van der Waals surface area contributed by atoms with E-state index in [2.05, 4.69) is 5.32 Å². The molecule has 2 aromatic rings. The fraction of sp³-hybridized carbons (Fsp3) is 0.481. The highest BCUT2D eigenvalue weighted by molar-refractivity contribution is 7.92. The molecule has 0 aliphatic carbocycles. The van der Waals surface area contributed by atoms with Gasteiger partial charge >= 0.3 is 0 Å². The molecule has 1 atom stereocenters. The first-order valence-corrected chi connectivity index (χ1v) is 14.0. The van der Waals surface area contributed by atoms with Gasteiger partial charge in [-0.25, -0.2) is 8.42 Å². The summed E-state index contributed by atoms with van der Waals surface area (Å²) in [4.78, 5) is 28.3. The number of nitrogens with one attached hydrogen (secondary N) is 1. The Balaban J connectivity index is 2.42. The number of sulfonamides is 1. The van der Waals surface area contributed by atoms with Gasteiger partial charge in [0.25, 0.3) is 0 Å². The van der Waals surface area contributed by atoms with Crippen molar-refractivity contribution in [2.45, 2.75) is 60.0 Å². The number of carbonyl (C=O) groups excluding carboxylic acids is 2. The van der Waals surface area contributed by atoms with Crippen LogP contribution in [0.2, 0.25) is 0 Å². The summed E-state index contributed by atoms with van der Waals surface area (Å²) in [5.41, 5.74) is 3.40. The quantitative estimate of drug-likeness (QED) is 0.478. The molecule has 0 saturated carbocycles. The average Bonchev–Trinajstić information content (AvgIpc) is 2.81. The minimum atomic E-state index is -3.74. The number of aryl methyl sites for hydroxylation is 2. The summed E-state index contributed by atoms with van der Waals surface area (Å²) >= 11 is 0. The molecule has 7 nitrogen and oxygen atoms in total. The van der Waals surface area contributed by atoms with E-state index in [1.165, 1.54) is 4.90 Å². The molecular weight excluding hydrogens is 462 g/mol. The van der Waals surface area contributed by atoms with Crippen LogP contribution in [0, 0.1) is 12.8 Å². The number of anilines is 1. The van der Waals surface area contributed by atoms with E-state index in [1.807, 2.05) is 71.0 Å². The molecule has 0 saturated heterocycles. The first-order chi connectivity index (χ1) is 16.5. The van der Waals surface area contributed by atoms with Crippen LogP contribution in [0.3, 0.4) is 0 Å². The fourth-order valence-electron chi connectivity index (χ4n) is 3.82. The lowest BCUT2D eigenvalue weighted by atomic mass is 10.1. The average molecular weight is 502 g/mol. The van der Waals surface area contributed by atoms with Crippen LogP contribution in [0.15, 0.2) is 48.5 Å². The van der Waals surface area contributed by atoms with Gasteiger partial charge in [0.05, 0.1) is 11.9 Å². The maximum absolute atomic E-state index is 13.7. The smallest absolute Gasteiger partial charge is 0.244 e. The van der Waals surface area contributed by atoms with Gasteiger partial charge in [0.2, 0.25) is 21.8 Å². The van der Waals surface area contributed by atoms with E-state index in [0.29, 0.717) is 18.7 Å². The lowest BCUT2D eigenvalue weighted by Gasteiger charge is -2.33. The molecule has 35 heavy (non-hydrogen) atoms. The molecule has 2 rings (SSSR count). The molecule has 0 radical (unpaired) electrons. The standard InChI is InChI=1S/C27H39N3O4S/c1-7-22-13-15-24(16-14-22)30(35(6,33)34)19-26(31)29(18-23-12-10-9-11-21(23)5)25(8-2)27(32)28-17-20(3)4/h9-16,20,25H,7-8,17-19H2,1-6H3,(H,28,32)/t25-/m0/s1. The largest absolute Gasteiger partial charge is 0.354 e. The molecule has 0 aliphatic rings. The molecule has 1 N–H and O–H groups in total. The molecule has 0 spiro atoms. The Morgan fingerprint density at radius 2 is 1.63 bits per heavy atom. The maximum Gasteiger partial charge on any atom is 0.244 e. The lowest BCUT2D eigenvalue weighted by molar-refractivity contribution is -0.140. The highest BCUT2D eigenvalue weighted by Crippen LogP contribution is 2.21. The van der Waals surface area contributed by atoms with Gasteiger partial charge in [-0.3, -0.25) is 13.9 Å². The van der Waals surface area contributed by atoms with Crippen molar-refractivity contribution in [3.05, 3.63) is 65.2 Å². The van der Waals surface area contributed by atoms with Crippen LogP contribution in [0.1, 0.15) is 50.8 Å². The normalized spacial score (nSPS) is 12.3. The van der Waals surface area contributed by atoms with E-state index in [4.69, 9.17) is 0 Å². The Labute approximate surface area is 210 Å². The van der Waals surface area contributed by atoms with E-state index in [1.54, 1.807) is 12.1 Å². The zero-order chi connectivity index (χ0) is 26.2. The van der Waals surface area contributed by atoms with Gasteiger partial charge in [-0.1, -0.05) is 64.1 Å². The van der Waals surface area contributed by atoms with E-state index in [9.17, 15) is 18.0 Å². The van der Waals surface area contributed by atoms with E-state index in [-0.39, 0.29) is 24.9 Å². The van der Waals surface area contributed by atoms with Crippen molar-refractivity contribution in [1.82, 2.24) is 10.2 Å². The Morgan fingerprint density at radius 3 is 2.14 bits per heavy atom. The Bertz CT molecular complexity index is 1100. The van der Waals surface area contributed by atoms with Gasteiger partial charge in [-0.05, 0) is 54.5 Å². The first kappa shape index (κ1) is 28.4. The van der Waals surface area contributed by atoms with E-state index in [0.717, 1.165) is 33.7 Å². The number of carbonyl (C=O) groups is 2. The van der Waals surface area contributed by atoms with Crippen molar-refractivity contribution < 1.29 is 18.0 Å². The molecule has 0 bridgehead atoms. The van der Waals surface area contributed by atoms with Crippen molar-refractivity contribution in [2.24, 2.45) is 5.92 Å². The molecule has 0 heterocycles. The predicted molar refractivity (Wildman–Crippen MR) is 142 cm³/mol. The molecule has 192 valence electrons. The minimum absolute atomic E-state index is 0.214. The molecule has 0 aliphatic heterocycles. The minimum Gasteiger partial charge on any atom is -0.354 e. The van der Waals surface area contributed by atoms with Gasteiger partial charge in [0.15, 0.2) is 0 Å². The zero-order valence-electron chi connectivity index (χ0n) is 21.7. The molecule has 0 fully saturated rings. The van der Waals surface area contributed by atoms with Crippen LogP contribution >= 0.6 is 0 Å². The lowest BCUT2D eigenvalue weighted by Crippen LogP contribution is -2.52. The zero-order valence-corrected chi connectivity index (χ0v) is 22.6. The second-order valence-corrected chi connectivity index (χ2v) is 11.2. The van der Waals surface area contributed by atoms with Gasteiger partial charge < -0.3 is 10.2 Å². The summed E-state index contributed by atoms with van der Waals surface area (Å²) in [6.45, 7) is 10.2. The van der Waals surface area contributed by atoms with Crippen molar-refractivity contribution in [3.63, 3.8) is 0 Å². The van der Waals surface area contributed by atoms with Crippen molar-refractivity contribution in [2.75, 3.05) is 23.7 Å². The van der Waals surface area contributed by atoms with Crippen LogP contribution < -0.4 is 9.62 Å². The van der Waals surface area contributed by atoms with Crippen LogP contribution in [0.5, 0.6) is 0 Å². The van der Waals surface area contributed by atoms with Gasteiger partial charge in [-0.2, -0.15) is 0 Å². The summed E-state index contributed by atoms with van der Waals surface area (Å²) in [5, 5.41) is 2.93. The van der Waals surface area contributed by atoms with Gasteiger partial charge in [-0.15, -0.1) is 0 Å². The molecule has 2 aromatic carbocycles. The highest BCUT2D eigenvalue weighted by atomic mass is 32.2. The molecule has 8 heteroatoms. The topological polar surface area (TPSA) is 86.8 Å². The number of hydrogen-bond donors (Lipinski definition) is 1. The van der Waals surface area contributed by atoms with Gasteiger partial charge in [0, 0.05) is 13.1 Å². The molecule has 2 amide bonds. The fourth-order valence-corrected chi connectivity index (χ4v) is 4.67. The number of rotatable bonds is 12. The summed E-state index contributed by atoms with van der Waals surface area (Å²) in [7, 11) is -3.74. The summed E-state index contributed by atoms with van der Waals surface area (Å²) in [5.74, 6) is -0.394. The summed E-state index contributed by atoms with van der Waals surface area (Å²) in [6.07, 6.45) is 2.32. The molecule has 0 unspecified atom stereocenters. The van der Waals surface area contributed by atoms with Crippen molar-refractivity contribution in [3.8, 4) is 0 Å². The number of nitrogens with zero attached hydrogens (tertiary/aromatic N) is 2. The number of hydrogen-bond acceptors (Lipinski definition) is 4. The second kappa shape index (κ2) is 12.7. The van der Waals surface area contributed by atoms with Crippen LogP contribution in [0.4, 0.5) is 5.69 Å². The van der Waals surface area contributed by atoms with Crippen LogP contribution in [0.25, 0.3) is 0 Å². The Morgan fingerprint density at radius 1 is 1.00 bits per heavy atom. The third-order valence-corrected chi connectivity index (χ3v) is 7.12. The molecule has 0 aromatic heterocycles. The van der Waals surface area contributed by atoms with E-state index < -0.39 is 22.0 Å². The highest BCUT2D eigenvalue weighted by Gasteiger charge is 2.32. The number of benzene rings is 2. The Kier molecular flexibility index (Phi) is 10.3. The Hall–Kier alpha value is -2.87. The third-order valence-electron chi connectivity index (χ3n) is 5.98. The number of amides is 2. The summed E-state index contributed by atoms with van der Waals surface area (Å²) < 4.78 is 26.5. The van der Waals surface area contributed by atoms with E-state index >= 15 is 0 Å².